The van der Waals surface area contributed by atoms with Gasteiger partial charge in [0.25, 0.3) is 0 Å². The molecule has 2 aromatic carbocycles. The summed E-state index contributed by atoms with van der Waals surface area (Å²) in [5, 5.41) is 0. The highest BCUT2D eigenvalue weighted by Gasteiger charge is 2.55. The first-order chi connectivity index (χ1) is 12.2. The summed E-state index contributed by atoms with van der Waals surface area (Å²) in [7, 11) is 2.57. The number of carbonyl (C=O) groups excluding carboxylic acids is 2. The lowest BCUT2D eigenvalue weighted by Gasteiger charge is -2.30. The number of hydrogen-bond acceptors (Lipinski definition) is 5. The second-order valence-corrected chi connectivity index (χ2v) is 5.49. The third kappa shape index (κ3) is 2.54. The van der Waals surface area contributed by atoms with Crippen molar-refractivity contribution in [1.29, 1.82) is 0 Å². The molecule has 0 radical (unpaired) electrons. The van der Waals surface area contributed by atoms with Crippen molar-refractivity contribution in [3.05, 3.63) is 83.6 Å². The van der Waals surface area contributed by atoms with Gasteiger partial charge < -0.3 is 9.47 Å². The predicted octanol–water partition coefficient (Wildman–Crippen LogP) is 2.66. The van der Waals surface area contributed by atoms with E-state index in [0.29, 0.717) is 11.3 Å². The normalized spacial score (nSPS) is 19.0. The minimum Gasteiger partial charge on any atom is -0.468 e. The molecule has 25 heavy (non-hydrogen) atoms. The van der Waals surface area contributed by atoms with Crippen LogP contribution in [0.4, 0.5) is 0 Å². The van der Waals surface area contributed by atoms with Crippen molar-refractivity contribution in [2.75, 3.05) is 14.2 Å². The SMILES string of the molecule is COC(=O)C1=CN=C(c2ccccc2)C1(C(=O)OC)c1ccccc1. The van der Waals surface area contributed by atoms with Crippen LogP contribution in [-0.2, 0) is 24.5 Å². The molecule has 0 saturated carbocycles. The number of rotatable bonds is 4. The molecule has 1 aliphatic heterocycles. The van der Waals surface area contributed by atoms with Gasteiger partial charge in [-0.15, -0.1) is 0 Å². The van der Waals surface area contributed by atoms with E-state index in [2.05, 4.69) is 4.99 Å². The van der Waals surface area contributed by atoms with Gasteiger partial charge in [-0.3, -0.25) is 9.79 Å². The molecule has 1 atom stereocenters. The van der Waals surface area contributed by atoms with E-state index in [1.165, 1.54) is 20.4 Å². The molecule has 5 nitrogen and oxygen atoms in total. The van der Waals surface area contributed by atoms with Crippen LogP contribution in [0.5, 0.6) is 0 Å². The summed E-state index contributed by atoms with van der Waals surface area (Å²) in [6, 6.07) is 18.2. The first-order valence-electron chi connectivity index (χ1n) is 7.72. The molecule has 1 heterocycles. The summed E-state index contributed by atoms with van der Waals surface area (Å²) < 4.78 is 10.0. The van der Waals surface area contributed by atoms with Crippen LogP contribution in [-0.4, -0.2) is 31.9 Å². The number of ether oxygens (including phenoxy) is 2. The van der Waals surface area contributed by atoms with Crippen molar-refractivity contribution in [2.45, 2.75) is 5.41 Å². The van der Waals surface area contributed by atoms with E-state index in [1.54, 1.807) is 24.3 Å². The molecule has 0 spiro atoms. The van der Waals surface area contributed by atoms with Gasteiger partial charge in [0.15, 0.2) is 5.41 Å². The van der Waals surface area contributed by atoms with Gasteiger partial charge >= 0.3 is 11.9 Å². The van der Waals surface area contributed by atoms with E-state index in [0.717, 1.165) is 5.56 Å². The molecule has 5 heteroatoms. The number of benzene rings is 2. The van der Waals surface area contributed by atoms with Crippen molar-refractivity contribution in [1.82, 2.24) is 0 Å². The second kappa shape index (κ2) is 6.73. The van der Waals surface area contributed by atoms with E-state index in [-0.39, 0.29) is 5.57 Å². The van der Waals surface area contributed by atoms with Crippen LogP contribution in [0.2, 0.25) is 0 Å². The van der Waals surface area contributed by atoms with Crippen LogP contribution in [0, 0.1) is 0 Å². The lowest BCUT2D eigenvalue weighted by molar-refractivity contribution is -0.146. The Morgan fingerprint density at radius 1 is 0.880 bits per heavy atom. The highest BCUT2D eigenvalue weighted by molar-refractivity contribution is 6.28. The first kappa shape index (κ1) is 16.6. The van der Waals surface area contributed by atoms with Crippen LogP contribution in [0.15, 0.2) is 77.4 Å². The highest BCUT2D eigenvalue weighted by atomic mass is 16.5. The molecule has 0 aliphatic carbocycles. The van der Waals surface area contributed by atoms with E-state index < -0.39 is 17.4 Å². The van der Waals surface area contributed by atoms with Gasteiger partial charge in [-0.2, -0.15) is 0 Å². The van der Waals surface area contributed by atoms with Crippen LogP contribution < -0.4 is 0 Å². The zero-order valence-corrected chi connectivity index (χ0v) is 13.9. The fraction of sp³-hybridized carbons (Fsp3) is 0.150. The van der Waals surface area contributed by atoms with Gasteiger partial charge in [-0.25, -0.2) is 4.79 Å². The lowest BCUT2D eigenvalue weighted by atomic mass is 9.70. The standard InChI is InChI=1S/C20H17NO4/c1-24-18(22)16-13-21-17(14-9-5-3-6-10-14)20(16,19(23)25-2)15-11-7-4-8-12-15/h3-13H,1-2H3. The molecule has 1 unspecified atom stereocenters. The second-order valence-electron chi connectivity index (χ2n) is 5.49. The maximum absolute atomic E-state index is 13.0. The van der Waals surface area contributed by atoms with Crippen molar-refractivity contribution in [3.8, 4) is 0 Å². The Kier molecular flexibility index (Phi) is 4.48. The molecule has 0 fully saturated rings. The summed E-state index contributed by atoms with van der Waals surface area (Å²) in [5.41, 5.74) is 0.425. The predicted molar refractivity (Wildman–Crippen MR) is 93.2 cm³/mol. The summed E-state index contributed by atoms with van der Waals surface area (Å²) in [4.78, 5) is 29.8. The van der Waals surface area contributed by atoms with Crippen LogP contribution in [0.3, 0.4) is 0 Å². The van der Waals surface area contributed by atoms with Gasteiger partial charge in [0.1, 0.15) is 0 Å². The Morgan fingerprint density at radius 2 is 1.48 bits per heavy atom. The summed E-state index contributed by atoms with van der Waals surface area (Å²) in [6.07, 6.45) is 1.39. The molecule has 0 bridgehead atoms. The molecule has 2 aromatic rings. The van der Waals surface area contributed by atoms with Crippen molar-refractivity contribution < 1.29 is 19.1 Å². The maximum atomic E-state index is 13.0. The van der Waals surface area contributed by atoms with Crippen LogP contribution in [0.25, 0.3) is 0 Å². The van der Waals surface area contributed by atoms with Gasteiger partial charge in [-0.05, 0) is 11.1 Å². The number of carbonyl (C=O) groups is 2. The molecule has 3 rings (SSSR count). The fourth-order valence-corrected chi connectivity index (χ4v) is 3.11. The summed E-state index contributed by atoms with van der Waals surface area (Å²) in [5.74, 6) is -1.21. The number of methoxy groups -OCH3 is 2. The minimum absolute atomic E-state index is 0.131. The lowest BCUT2D eigenvalue weighted by Crippen LogP contribution is -2.47. The third-order valence-electron chi connectivity index (χ3n) is 4.23. The zero-order valence-electron chi connectivity index (χ0n) is 13.9. The van der Waals surface area contributed by atoms with E-state index in [1.807, 2.05) is 36.4 Å². The topological polar surface area (TPSA) is 65.0 Å². The smallest absolute Gasteiger partial charge is 0.337 e. The Bertz CT molecular complexity index is 856. The van der Waals surface area contributed by atoms with Crippen molar-refractivity contribution >= 4 is 17.7 Å². The fourth-order valence-electron chi connectivity index (χ4n) is 3.11. The van der Waals surface area contributed by atoms with E-state index in [4.69, 9.17) is 9.47 Å². The molecule has 1 aliphatic rings. The van der Waals surface area contributed by atoms with Crippen molar-refractivity contribution in [3.63, 3.8) is 0 Å². The largest absolute Gasteiger partial charge is 0.468 e. The number of hydrogen-bond donors (Lipinski definition) is 0. The number of nitrogens with zero attached hydrogens (tertiary/aromatic N) is 1. The zero-order chi connectivity index (χ0) is 17.9. The maximum Gasteiger partial charge on any atom is 0.337 e. The van der Waals surface area contributed by atoms with Crippen LogP contribution in [0.1, 0.15) is 11.1 Å². The Morgan fingerprint density at radius 3 is 2.04 bits per heavy atom. The Labute approximate surface area is 145 Å². The molecule has 126 valence electrons. The van der Waals surface area contributed by atoms with Gasteiger partial charge in [0, 0.05) is 6.20 Å². The van der Waals surface area contributed by atoms with Gasteiger partial charge in [0.2, 0.25) is 0 Å². The van der Waals surface area contributed by atoms with Gasteiger partial charge in [0.05, 0.1) is 25.5 Å². The monoisotopic (exact) mass is 335 g/mol. The Balaban J connectivity index is 2.31. The number of aliphatic imine (C=N–C) groups is 1. The summed E-state index contributed by atoms with van der Waals surface area (Å²) in [6.45, 7) is 0. The van der Waals surface area contributed by atoms with Crippen molar-refractivity contribution in [2.24, 2.45) is 4.99 Å². The van der Waals surface area contributed by atoms with Gasteiger partial charge in [-0.1, -0.05) is 60.7 Å². The minimum atomic E-state index is -1.47. The average Bonchev–Trinajstić information content (AvgIpc) is 3.09. The van der Waals surface area contributed by atoms with Crippen LogP contribution >= 0.6 is 0 Å². The molecule has 0 N–H and O–H groups in total. The quantitative estimate of drug-likeness (QED) is 0.806. The van der Waals surface area contributed by atoms with E-state index >= 15 is 0 Å². The highest BCUT2D eigenvalue weighted by Crippen LogP contribution is 2.42. The van der Waals surface area contributed by atoms with E-state index in [9.17, 15) is 9.59 Å². The molecule has 0 saturated heterocycles. The molecular weight excluding hydrogens is 318 g/mol. The number of esters is 2. The first-order valence-corrected chi connectivity index (χ1v) is 7.72. The Hall–Kier alpha value is -3.21. The molecule has 0 amide bonds. The molecular formula is C20H17NO4. The summed E-state index contributed by atoms with van der Waals surface area (Å²) >= 11 is 0. The molecule has 0 aromatic heterocycles. The average molecular weight is 335 g/mol. The third-order valence-corrected chi connectivity index (χ3v) is 4.23.